The monoisotopic (exact) mass is 464 g/mol. The third kappa shape index (κ3) is 8.73. The second-order valence-corrected chi connectivity index (χ2v) is 6.18. The van der Waals surface area contributed by atoms with Crippen LogP contribution in [-0.2, 0) is 11.2 Å². The fraction of sp³-hybridized carbons (Fsp3) is 0.529. The van der Waals surface area contributed by atoms with Crippen LogP contribution in [0.15, 0.2) is 29.3 Å². The predicted octanol–water partition coefficient (Wildman–Crippen LogP) is 2.72. The van der Waals surface area contributed by atoms with E-state index >= 15 is 0 Å². The molecule has 0 unspecified atom stereocenters. The molecule has 0 bridgehead atoms. The SMILES string of the molecule is CN=C(NCCCC(=O)NC1CC1)NCCc1ccc(Cl)cc1.I. The normalized spacial score (nSPS) is 13.8. The Balaban J connectivity index is 0.00000288. The fourth-order valence-corrected chi connectivity index (χ4v) is 2.31. The van der Waals surface area contributed by atoms with Crippen molar-refractivity contribution in [3.05, 3.63) is 34.9 Å². The maximum Gasteiger partial charge on any atom is 0.220 e. The summed E-state index contributed by atoms with van der Waals surface area (Å²) in [6, 6.07) is 8.29. The average molecular weight is 465 g/mol. The number of guanidine groups is 1. The van der Waals surface area contributed by atoms with Gasteiger partial charge in [0.15, 0.2) is 5.96 Å². The van der Waals surface area contributed by atoms with Crippen LogP contribution in [0.3, 0.4) is 0 Å². The molecular weight excluding hydrogens is 439 g/mol. The smallest absolute Gasteiger partial charge is 0.220 e. The second-order valence-electron chi connectivity index (χ2n) is 5.75. The minimum atomic E-state index is 0. The Morgan fingerprint density at radius 1 is 1.21 bits per heavy atom. The number of amides is 1. The number of hydrogen-bond donors (Lipinski definition) is 3. The molecule has 1 aliphatic carbocycles. The summed E-state index contributed by atoms with van der Waals surface area (Å²) in [6.45, 7) is 1.53. The van der Waals surface area contributed by atoms with Crippen molar-refractivity contribution in [2.75, 3.05) is 20.1 Å². The van der Waals surface area contributed by atoms with Crippen molar-refractivity contribution in [3.8, 4) is 0 Å². The molecule has 0 radical (unpaired) electrons. The number of carbonyl (C=O) groups excluding carboxylic acids is 1. The Labute approximate surface area is 166 Å². The number of halogens is 2. The lowest BCUT2D eigenvalue weighted by atomic mass is 10.1. The van der Waals surface area contributed by atoms with Gasteiger partial charge in [0.25, 0.3) is 0 Å². The van der Waals surface area contributed by atoms with E-state index in [4.69, 9.17) is 11.6 Å². The van der Waals surface area contributed by atoms with Crippen molar-refractivity contribution in [2.45, 2.75) is 38.1 Å². The molecular formula is C17H26ClIN4O. The Bertz CT molecular complexity index is 532. The number of hydrogen-bond acceptors (Lipinski definition) is 2. The number of rotatable bonds is 8. The Morgan fingerprint density at radius 3 is 2.50 bits per heavy atom. The summed E-state index contributed by atoms with van der Waals surface area (Å²) in [5, 5.41) is 10.2. The third-order valence-electron chi connectivity index (χ3n) is 3.66. The summed E-state index contributed by atoms with van der Waals surface area (Å²) < 4.78 is 0. The molecule has 1 aromatic carbocycles. The molecule has 134 valence electrons. The van der Waals surface area contributed by atoms with Crippen LogP contribution in [0.1, 0.15) is 31.2 Å². The first-order chi connectivity index (χ1) is 11.2. The fourth-order valence-electron chi connectivity index (χ4n) is 2.18. The highest BCUT2D eigenvalue weighted by atomic mass is 127. The van der Waals surface area contributed by atoms with Crippen molar-refractivity contribution in [1.82, 2.24) is 16.0 Å². The minimum absolute atomic E-state index is 0. The summed E-state index contributed by atoms with van der Waals surface area (Å²) in [6.07, 6.45) is 4.53. The van der Waals surface area contributed by atoms with Crippen molar-refractivity contribution in [2.24, 2.45) is 4.99 Å². The molecule has 1 fully saturated rings. The highest BCUT2D eigenvalue weighted by molar-refractivity contribution is 14.0. The molecule has 2 rings (SSSR count). The standard InChI is InChI=1S/C17H25ClN4O.HI/c1-19-17(20-11-2-3-16(23)22-15-8-9-15)21-12-10-13-4-6-14(18)7-5-13;/h4-7,15H,2-3,8-12H2,1H3,(H,22,23)(H2,19,20,21);1H. The highest BCUT2D eigenvalue weighted by Gasteiger charge is 2.22. The van der Waals surface area contributed by atoms with Gasteiger partial charge in [0, 0.05) is 37.6 Å². The summed E-state index contributed by atoms with van der Waals surface area (Å²) in [5.74, 6) is 0.918. The van der Waals surface area contributed by atoms with Crippen molar-refractivity contribution < 1.29 is 4.79 Å². The topological polar surface area (TPSA) is 65.5 Å². The van der Waals surface area contributed by atoms with Gasteiger partial charge in [-0.3, -0.25) is 9.79 Å². The maximum atomic E-state index is 11.6. The summed E-state index contributed by atoms with van der Waals surface area (Å²) in [7, 11) is 1.75. The van der Waals surface area contributed by atoms with E-state index in [2.05, 4.69) is 20.9 Å². The summed E-state index contributed by atoms with van der Waals surface area (Å²) >= 11 is 5.87. The predicted molar refractivity (Wildman–Crippen MR) is 110 cm³/mol. The molecule has 0 atom stereocenters. The zero-order chi connectivity index (χ0) is 16.5. The van der Waals surface area contributed by atoms with E-state index in [0.29, 0.717) is 12.5 Å². The molecule has 1 saturated carbocycles. The van der Waals surface area contributed by atoms with E-state index in [1.807, 2.05) is 24.3 Å². The Morgan fingerprint density at radius 2 is 1.88 bits per heavy atom. The van der Waals surface area contributed by atoms with E-state index in [1.54, 1.807) is 7.05 Å². The molecule has 0 heterocycles. The second kappa shape index (κ2) is 11.5. The number of aliphatic imine (C=N–C) groups is 1. The minimum Gasteiger partial charge on any atom is -0.356 e. The van der Waals surface area contributed by atoms with Gasteiger partial charge in [0.1, 0.15) is 0 Å². The van der Waals surface area contributed by atoms with Gasteiger partial charge < -0.3 is 16.0 Å². The molecule has 7 heteroatoms. The molecule has 0 aromatic heterocycles. The summed E-state index contributed by atoms with van der Waals surface area (Å²) in [4.78, 5) is 15.7. The van der Waals surface area contributed by atoms with E-state index < -0.39 is 0 Å². The first-order valence-electron chi connectivity index (χ1n) is 8.15. The van der Waals surface area contributed by atoms with Crippen LogP contribution in [0, 0.1) is 0 Å². The zero-order valence-corrected chi connectivity index (χ0v) is 17.1. The van der Waals surface area contributed by atoms with Gasteiger partial charge in [0.2, 0.25) is 5.91 Å². The van der Waals surface area contributed by atoms with E-state index in [1.165, 1.54) is 5.56 Å². The lowest BCUT2D eigenvalue weighted by Crippen LogP contribution is -2.39. The molecule has 1 amide bonds. The van der Waals surface area contributed by atoms with Gasteiger partial charge in [0.05, 0.1) is 0 Å². The average Bonchev–Trinajstić information content (AvgIpc) is 3.35. The van der Waals surface area contributed by atoms with Crippen LogP contribution in [0.4, 0.5) is 0 Å². The van der Waals surface area contributed by atoms with Gasteiger partial charge in [-0.15, -0.1) is 24.0 Å². The van der Waals surface area contributed by atoms with Gasteiger partial charge in [-0.1, -0.05) is 23.7 Å². The zero-order valence-electron chi connectivity index (χ0n) is 14.0. The van der Waals surface area contributed by atoms with Crippen LogP contribution in [0.2, 0.25) is 5.02 Å². The van der Waals surface area contributed by atoms with Crippen LogP contribution in [-0.4, -0.2) is 38.0 Å². The van der Waals surface area contributed by atoms with Crippen LogP contribution >= 0.6 is 35.6 Å². The lowest BCUT2D eigenvalue weighted by molar-refractivity contribution is -0.121. The van der Waals surface area contributed by atoms with E-state index in [0.717, 1.165) is 49.8 Å². The Kier molecular flexibility index (Phi) is 10.1. The van der Waals surface area contributed by atoms with Crippen molar-refractivity contribution in [1.29, 1.82) is 0 Å². The summed E-state index contributed by atoms with van der Waals surface area (Å²) in [5.41, 5.74) is 1.23. The molecule has 0 spiro atoms. The van der Waals surface area contributed by atoms with Crippen molar-refractivity contribution >= 4 is 47.4 Å². The number of benzene rings is 1. The van der Waals surface area contributed by atoms with Gasteiger partial charge in [-0.25, -0.2) is 0 Å². The third-order valence-corrected chi connectivity index (χ3v) is 3.91. The molecule has 0 saturated heterocycles. The molecule has 3 N–H and O–H groups in total. The first-order valence-corrected chi connectivity index (χ1v) is 8.53. The quantitative estimate of drug-likeness (QED) is 0.240. The Hall–Kier alpha value is -1.02. The first kappa shape index (κ1) is 21.0. The largest absolute Gasteiger partial charge is 0.356 e. The number of nitrogens with one attached hydrogen (secondary N) is 3. The number of carbonyl (C=O) groups is 1. The van der Waals surface area contributed by atoms with E-state index in [-0.39, 0.29) is 29.9 Å². The van der Waals surface area contributed by atoms with Crippen LogP contribution < -0.4 is 16.0 Å². The van der Waals surface area contributed by atoms with Gasteiger partial charge >= 0.3 is 0 Å². The highest BCUT2D eigenvalue weighted by Crippen LogP contribution is 2.18. The van der Waals surface area contributed by atoms with Crippen LogP contribution in [0.25, 0.3) is 0 Å². The molecule has 0 aliphatic heterocycles. The lowest BCUT2D eigenvalue weighted by Gasteiger charge is -2.12. The van der Waals surface area contributed by atoms with Crippen molar-refractivity contribution in [3.63, 3.8) is 0 Å². The molecule has 24 heavy (non-hydrogen) atoms. The van der Waals surface area contributed by atoms with E-state index in [9.17, 15) is 4.79 Å². The van der Waals surface area contributed by atoms with Gasteiger partial charge in [-0.2, -0.15) is 0 Å². The van der Waals surface area contributed by atoms with Crippen LogP contribution in [0.5, 0.6) is 0 Å². The number of nitrogens with zero attached hydrogens (tertiary/aromatic N) is 1. The molecule has 1 aromatic rings. The van der Waals surface area contributed by atoms with Gasteiger partial charge in [-0.05, 0) is 43.4 Å². The molecule has 1 aliphatic rings. The maximum absolute atomic E-state index is 11.6. The molecule has 5 nitrogen and oxygen atoms in total.